The van der Waals surface area contributed by atoms with Gasteiger partial charge in [0.1, 0.15) is 7.85 Å². The molecule has 0 spiro atoms. The van der Waals surface area contributed by atoms with E-state index < -0.39 is 0 Å². The van der Waals surface area contributed by atoms with Gasteiger partial charge in [-0.15, -0.1) is 0 Å². The molecular weight excluding hydrogens is 225 g/mol. The third kappa shape index (κ3) is 5.43. The molecule has 1 amide bonds. The molecule has 1 N–H and O–H groups in total. The Morgan fingerprint density at radius 3 is 2.56 bits per heavy atom. The van der Waals surface area contributed by atoms with Crippen LogP contribution in [0, 0.1) is 17.8 Å². The Morgan fingerprint density at radius 1 is 1.33 bits per heavy atom. The minimum absolute atomic E-state index is 0.181. The zero-order valence-corrected chi connectivity index (χ0v) is 12.5. The van der Waals surface area contributed by atoms with Crippen LogP contribution in [0.3, 0.4) is 0 Å². The zero-order valence-electron chi connectivity index (χ0n) is 12.5. The van der Waals surface area contributed by atoms with Gasteiger partial charge in [-0.25, -0.2) is 0 Å². The highest BCUT2D eigenvalue weighted by Gasteiger charge is 2.34. The lowest BCUT2D eigenvalue weighted by molar-refractivity contribution is -0.122. The first-order chi connectivity index (χ1) is 8.38. The Balaban J connectivity index is 2.40. The summed E-state index contributed by atoms with van der Waals surface area (Å²) in [7, 11) is 2.11. The zero-order chi connectivity index (χ0) is 13.7. The number of ether oxygens (including phenoxy) is 1. The minimum Gasteiger partial charge on any atom is -0.384 e. The van der Waals surface area contributed by atoms with E-state index in [2.05, 4.69) is 40.9 Å². The van der Waals surface area contributed by atoms with Crippen molar-refractivity contribution < 1.29 is 9.53 Å². The first-order valence-electron chi connectivity index (χ1n) is 7.30. The van der Waals surface area contributed by atoms with Crippen LogP contribution in [-0.2, 0) is 9.53 Å². The van der Waals surface area contributed by atoms with E-state index >= 15 is 0 Å². The molecule has 0 aromatic carbocycles. The van der Waals surface area contributed by atoms with Gasteiger partial charge in [0.25, 0.3) is 0 Å². The standard InChI is InChI=1S/C14H28BNO2/c1-9(2)5-12-11(6-13(15)18-12)7-14(17)16-8-10(3)4/h9-13H,5-8,15H2,1-4H3,(H,16,17)/t11?,12-,13-/m1/s1. The number of carbonyl (C=O) groups is 1. The van der Waals surface area contributed by atoms with E-state index in [1.54, 1.807) is 0 Å². The smallest absolute Gasteiger partial charge is 0.220 e. The second-order valence-electron chi connectivity index (χ2n) is 6.51. The highest BCUT2D eigenvalue weighted by molar-refractivity contribution is 6.11. The van der Waals surface area contributed by atoms with Crippen molar-refractivity contribution in [2.45, 2.75) is 59.1 Å². The van der Waals surface area contributed by atoms with Gasteiger partial charge >= 0.3 is 0 Å². The fourth-order valence-electron chi connectivity index (χ4n) is 2.60. The summed E-state index contributed by atoms with van der Waals surface area (Å²) in [6, 6.07) is 0.302. The van der Waals surface area contributed by atoms with E-state index in [-0.39, 0.29) is 12.0 Å². The summed E-state index contributed by atoms with van der Waals surface area (Å²) in [5, 5.41) is 3.00. The van der Waals surface area contributed by atoms with Crippen molar-refractivity contribution in [3.05, 3.63) is 0 Å². The molecule has 1 rings (SSSR count). The normalized spacial score (nSPS) is 28.0. The number of hydrogen-bond acceptors (Lipinski definition) is 2. The van der Waals surface area contributed by atoms with E-state index in [1.165, 1.54) is 0 Å². The monoisotopic (exact) mass is 253 g/mol. The average Bonchev–Trinajstić information content (AvgIpc) is 2.55. The lowest BCUT2D eigenvalue weighted by Gasteiger charge is -2.20. The molecule has 1 aliphatic rings. The molecule has 18 heavy (non-hydrogen) atoms. The van der Waals surface area contributed by atoms with Crippen LogP contribution in [-0.4, -0.2) is 32.4 Å². The van der Waals surface area contributed by atoms with Gasteiger partial charge < -0.3 is 10.1 Å². The van der Waals surface area contributed by atoms with Crippen LogP contribution in [0.15, 0.2) is 0 Å². The topological polar surface area (TPSA) is 38.3 Å². The van der Waals surface area contributed by atoms with Crippen LogP contribution in [0.2, 0.25) is 0 Å². The molecule has 0 saturated carbocycles. The van der Waals surface area contributed by atoms with Crippen LogP contribution in [0.1, 0.15) is 47.0 Å². The Labute approximate surface area is 112 Å². The number of rotatable bonds is 6. The van der Waals surface area contributed by atoms with Crippen molar-refractivity contribution in [1.82, 2.24) is 5.32 Å². The maximum absolute atomic E-state index is 11.9. The maximum Gasteiger partial charge on any atom is 0.220 e. The number of amides is 1. The first kappa shape index (κ1) is 15.6. The highest BCUT2D eigenvalue weighted by Crippen LogP contribution is 2.31. The number of hydrogen-bond donors (Lipinski definition) is 1. The fraction of sp³-hybridized carbons (Fsp3) is 0.929. The summed E-state index contributed by atoms with van der Waals surface area (Å²) in [5.74, 6) is 1.72. The molecule has 0 bridgehead atoms. The lowest BCUT2D eigenvalue weighted by Crippen LogP contribution is -2.31. The molecule has 1 heterocycles. The van der Waals surface area contributed by atoms with Gasteiger partial charge in [0.2, 0.25) is 5.91 Å². The molecule has 104 valence electrons. The highest BCUT2D eigenvalue weighted by atomic mass is 16.5. The van der Waals surface area contributed by atoms with E-state index in [1.807, 2.05) is 0 Å². The summed E-state index contributed by atoms with van der Waals surface area (Å²) in [6.45, 7) is 9.42. The largest absolute Gasteiger partial charge is 0.384 e. The van der Waals surface area contributed by atoms with E-state index in [9.17, 15) is 4.79 Å². The van der Waals surface area contributed by atoms with Crippen LogP contribution < -0.4 is 5.32 Å². The molecule has 1 fully saturated rings. The predicted molar refractivity (Wildman–Crippen MR) is 77.2 cm³/mol. The summed E-state index contributed by atoms with van der Waals surface area (Å²) in [4.78, 5) is 11.9. The molecule has 1 unspecified atom stereocenters. The molecule has 0 aromatic rings. The Hall–Kier alpha value is -0.505. The molecule has 0 radical (unpaired) electrons. The predicted octanol–water partition coefficient (Wildman–Crippen LogP) is 1.56. The summed E-state index contributed by atoms with van der Waals surface area (Å²) < 4.78 is 5.93. The van der Waals surface area contributed by atoms with E-state index in [0.717, 1.165) is 19.4 Å². The van der Waals surface area contributed by atoms with E-state index in [4.69, 9.17) is 4.74 Å². The molecule has 3 atom stereocenters. The third-order valence-corrected chi connectivity index (χ3v) is 3.43. The van der Waals surface area contributed by atoms with E-state index in [0.29, 0.717) is 30.2 Å². The van der Waals surface area contributed by atoms with Crippen LogP contribution in [0.5, 0.6) is 0 Å². The molecule has 1 saturated heterocycles. The van der Waals surface area contributed by atoms with Crippen molar-refractivity contribution in [2.24, 2.45) is 17.8 Å². The van der Waals surface area contributed by atoms with Crippen molar-refractivity contribution >= 4 is 13.8 Å². The first-order valence-corrected chi connectivity index (χ1v) is 7.30. The Bertz CT molecular complexity index is 269. The van der Waals surface area contributed by atoms with Crippen molar-refractivity contribution in [1.29, 1.82) is 0 Å². The summed E-state index contributed by atoms with van der Waals surface area (Å²) in [6.07, 6.45) is 2.97. The van der Waals surface area contributed by atoms with Crippen LogP contribution in [0.4, 0.5) is 0 Å². The molecule has 0 aromatic heterocycles. The molecule has 4 heteroatoms. The Morgan fingerprint density at radius 2 is 2.00 bits per heavy atom. The SMILES string of the molecule is B[C@H]1CC(CC(=O)NCC(C)C)[C@@H](CC(C)C)O1. The van der Waals surface area contributed by atoms with Crippen LogP contribution >= 0.6 is 0 Å². The second kappa shape index (κ2) is 7.17. The Kier molecular flexibility index (Phi) is 6.20. The van der Waals surface area contributed by atoms with Gasteiger partial charge in [-0.3, -0.25) is 4.79 Å². The van der Waals surface area contributed by atoms with Gasteiger partial charge in [0, 0.05) is 19.0 Å². The minimum atomic E-state index is 0.181. The molecule has 3 nitrogen and oxygen atoms in total. The van der Waals surface area contributed by atoms with Gasteiger partial charge in [0.05, 0.1) is 6.10 Å². The molecule has 1 aliphatic heterocycles. The second-order valence-corrected chi connectivity index (χ2v) is 6.51. The van der Waals surface area contributed by atoms with Gasteiger partial charge in [-0.2, -0.15) is 0 Å². The summed E-state index contributed by atoms with van der Waals surface area (Å²) >= 11 is 0. The maximum atomic E-state index is 11.9. The van der Waals surface area contributed by atoms with Crippen molar-refractivity contribution in [3.63, 3.8) is 0 Å². The number of carbonyl (C=O) groups excluding carboxylic acids is 1. The van der Waals surface area contributed by atoms with Crippen LogP contribution in [0.25, 0.3) is 0 Å². The lowest BCUT2D eigenvalue weighted by atomic mass is 9.86. The number of nitrogens with one attached hydrogen (secondary N) is 1. The summed E-state index contributed by atoms with van der Waals surface area (Å²) in [5.41, 5.74) is 0. The van der Waals surface area contributed by atoms with Gasteiger partial charge in [-0.1, -0.05) is 27.7 Å². The average molecular weight is 253 g/mol. The van der Waals surface area contributed by atoms with Crippen molar-refractivity contribution in [2.75, 3.05) is 6.54 Å². The molecular formula is C14H28BNO2. The van der Waals surface area contributed by atoms with Gasteiger partial charge in [-0.05, 0) is 30.6 Å². The third-order valence-electron chi connectivity index (χ3n) is 3.43. The fourth-order valence-corrected chi connectivity index (χ4v) is 2.60. The quantitative estimate of drug-likeness (QED) is 0.729. The van der Waals surface area contributed by atoms with Gasteiger partial charge in [0.15, 0.2) is 0 Å². The molecule has 0 aliphatic carbocycles. The van der Waals surface area contributed by atoms with Crippen molar-refractivity contribution in [3.8, 4) is 0 Å².